The lowest BCUT2D eigenvalue weighted by atomic mass is 9.86. The Morgan fingerprint density at radius 1 is 1.26 bits per heavy atom. The highest BCUT2D eigenvalue weighted by Gasteiger charge is 2.28. The summed E-state index contributed by atoms with van der Waals surface area (Å²) in [5, 5.41) is 0. The van der Waals surface area contributed by atoms with Crippen LogP contribution in [0.5, 0.6) is 5.75 Å². The zero-order valence-electron chi connectivity index (χ0n) is 16.9. The summed E-state index contributed by atoms with van der Waals surface area (Å²) >= 11 is 0. The molecule has 0 bridgehead atoms. The largest absolute Gasteiger partial charge is 0.493 e. The van der Waals surface area contributed by atoms with E-state index in [1.54, 1.807) is 0 Å². The lowest BCUT2D eigenvalue weighted by Gasteiger charge is -2.22. The van der Waals surface area contributed by atoms with Crippen molar-refractivity contribution < 1.29 is 19.1 Å². The first kappa shape index (κ1) is 21.2. The molecule has 1 aliphatic carbocycles. The Balaban J connectivity index is 1.93. The van der Waals surface area contributed by atoms with Crippen molar-refractivity contribution in [2.75, 3.05) is 13.2 Å². The van der Waals surface area contributed by atoms with Crippen molar-refractivity contribution in [1.82, 2.24) is 0 Å². The fourth-order valence-corrected chi connectivity index (χ4v) is 3.56. The number of hydrogen-bond acceptors (Lipinski definition) is 4. The summed E-state index contributed by atoms with van der Waals surface area (Å²) in [7, 11) is 0. The fraction of sp³-hybridized carbons (Fsp3) is 0.565. The van der Waals surface area contributed by atoms with Crippen molar-refractivity contribution in [3.8, 4) is 5.75 Å². The SMILES string of the molecule is C=CCc1c(OCCCCC(C)(C)C(=O)OCC)ccc2c1CCCC2=O. The van der Waals surface area contributed by atoms with Gasteiger partial charge in [-0.1, -0.05) is 6.08 Å². The molecule has 1 aromatic carbocycles. The van der Waals surface area contributed by atoms with Gasteiger partial charge in [0.15, 0.2) is 5.78 Å². The zero-order chi connectivity index (χ0) is 19.9. The second-order valence-corrected chi connectivity index (χ2v) is 7.75. The summed E-state index contributed by atoms with van der Waals surface area (Å²) in [6, 6.07) is 3.83. The lowest BCUT2D eigenvalue weighted by Crippen LogP contribution is -2.26. The van der Waals surface area contributed by atoms with Crippen LogP contribution in [0.2, 0.25) is 0 Å². The van der Waals surface area contributed by atoms with Crippen LogP contribution >= 0.6 is 0 Å². The third-order valence-corrected chi connectivity index (χ3v) is 5.15. The number of hydrogen-bond donors (Lipinski definition) is 0. The minimum Gasteiger partial charge on any atom is -0.493 e. The molecule has 27 heavy (non-hydrogen) atoms. The van der Waals surface area contributed by atoms with Gasteiger partial charge in [-0.3, -0.25) is 9.59 Å². The Morgan fingerprint density at radius 2 is 2.04 bits per heavy atom. The van der Waals surface area contributed by atoms with E-state index in [1.165, 1.54) is 0 Å². The summed E-state index contributed by atoms with van der Waals surface area (Å²) in [5.74, 6) is 0.945. The van der Waals surface area contributed by atoms with Gasteiger partial charge in [0.25, 0.3) is 0 Å². The number of carbonyl (C=O) groups excluding carboxylic acids is 2. The number of rotatable bonds is 10. The van der Waals surface area contributed by atoms with E-state index in [2.05, 4.69) is 6.58 Å². The van der Waals surface area contributed by atoms with Crippen LogP contribution in [-0.2, 0) is 22.4 Å². The molecule has 0 atom stereocenters. The van der Waals surface area contributed by atoms with Crippen LogP contribution in [0.3, 0.4) is 0 Å². The molecule has 1 aromatic rings. The van der Waals surface area contributed by atoms with Crippen molar-refractivity contribution >= 4 is 11.8 Å². The maximum Gasteiger partial charge on any atom is 0.311 e. The molecule has 4 heteroatoms. The second-order valence-electron chi connectivity index (χ2n) is 7.75. The Morgan fingerprint density at radius 3 is 2.74 bits per heavy atom. The van der Waals surface area contributed by atoms with Crippen LogP contribution in [0.4, 0.5) is 0 Å². The first-order chi connectivity index (χ1) is 12.9. The molecule has 4 nitrogen and oxygen atoms in total. The van der Waals surface area contributed by atoms with Gasteiger partial charge in [-0.2, -0.15) is 0 Å². The second kappa shape index (κ2) is 9.72. The van der Waals surface area contributed by atoms with Gasteiger partial charge in [0.05, 0.1) is 18.6 Å². The molecule has 0 aliphatic heterocycles. The summed E-state index contributed by atoms with van der Waals surface area (Å²) in [6.45, 7) is 10.5. The van der Waals surface area contributed by atoms with E-state index in [4.69, 9.17) is 9.47 Å². The van der Waals surface area contributed by atoms with Crippen LogP contribution in [0.25, 0.3) is 0 Å². The lowest BCUT2D eigenvalue weighted by molar-refractivity contribution is -0.153. The molecular weight excluding hydrogens is 340 g/mol. The highest BCUT2D eigenvalue weighted by atomic mass is 16.5. The maximum atomic E-state index is 12.1. The van der Waals surface area contributed by atoms with E-state index in [0.29, 0.717) is 26.1 Å². The topological polar surface area (TPSA) is 52.6 Å². The third kappa shape index (κ3) is 5.44. The molecule has 0 unspecified atom stereocenters. The number of Topliss-reactive ketones (excluding diaryl/α,β-unsaturated/α-hetero) is 1. The molecule has 0 saturated carbocycles. The summed E-state index contributed by atoms with van der Waals surface area (Å²) in [5.41, 5.74) is 2.62. The Labute approximate surface area is 162 Å². The van der Waals surface area contributed by atoms with Gasteiger partial charge in [0.1, 0.15) is 5.75 Å². The van der Waals surface area contributed by atoms with Gasteiger partial charge in [0.2, 0.25) is 0 Å². The average Bonchev–Trinajstić information content (AvgIpc) is 2.63. The van der Waals surface area contributed by atoms with Crippen LogP contribution in [-0.4, -0.2) is 25.0 Å². The summed E-state index contributed by atoms with van der Waals surface area (Å²) in [4.78, 5) is 24.1. The number of fused-ring (bicyclic) bond motifs is 1. The van der Waals surface area contributed by atoms with Gasteiger partial charge < -0.3 is 9.47 Å². The minimum absolute atomic E-state index is 0.140. The quantitative estimate of drug-likeness (QED) is 0.327. The minimum atomic E-state index is -0.462. The van der Waals surface area contributed by atoms with Gasteiger partial charge in [-0.15, -0.1) is 6.58 Å². The van der Waals surface area contributed by atoms with E-state index in [0.717, 1.165) is 54.5 Å². The van der Waals surface area contributed by atoms with Gasteiger partial charge in [-0.25, -0.2) is 0 Å². The Hall–Kier alpha value is -2.10. The highest BCUT2D eigenvalue weighted by Crippen LogP contribution is 2.32. The number of unbranched alkanes of at least 4 members (excludes halogenated alkanes) is 1. The molecule has 0 N–H and O–H groups in total. The predicted octanol–water partition coefficient (Wildman–Crippen LogP) is 5.07. The van der Waals surface area contributed by atoms with Crippen molar-refractivity contribution in [2.24, 2.45) is 5.41 Å². The smallest absolute Gasteiger partial charge is 0.311 e. The standard InChI is InChI=1S/C23H32O4/c1-5-10-19-17-11-9-12-20(24)18(17)13-14-21(19)27-16-8-7-15-23(3,4)22(25)26-6-2/h5,13-14H,1,6-12,15-16H2,2-4H3. The Kier molecular flexibility index (Phi) is 7.64. The summed E-state index contributed by atoms with van der Waals surface area (Å²) in [6.07, 6.45) is 7.57. The molecule has 0 fully saturated rings. The van der Waals surface area contributed by atoms with Crippen molar-refractivity contribution in [1.29, 1.82) is 0 Å². The predicted molar refractivity (Wildman–Crippen MR) is 107 cm³/mol. The van der Waals surface area contributed by atoms with E-state index in [9.17, 15) is 9.59 Å². The molecule has 0 radical (unpaired) electrons. The molecule has 0 spiro atoms. The number of allylic oxidation sites excluding steroid dienone is 1. The zero-order valence-corrected chi connectivity index (χ0v) is 16.9. The Bertz CT molecular complexity index is 688. The molecule has 0 saturated heterocycles. The van der Waals surface area contributed by atoms with Gasteiger partial charge in [-0.05, 0) is 77.0 Å². The van der Waals surface area contributed by atoms with Gasteiger partial charge >= 0.3 is 5.97 Å². The number of carbonyl (C=O) groups is 2. The summed E-state index contributed by atoms with van der Waals surface area (Å²) < 4.78 is 11.2. The van der Waals surface area contributed by atoms with Crippen LogP contribution in [0.15, 0.2) is 24.8 Å². The van der Waals surface area contributed by atoms with Crippen molar-refractivity contribution in [3.05, 3.63) is 41.5 Å². The maximum absolute atomic E-state index is 12.1. The average molecular weight is 373 g/mol. The van der Waals surface area contributed by atoms with Crippen LogP contribution < -0.4 is 4.74 Å². The van der Waals surface area contributed by atoms with E-state index >= 15 is 0 Å². The van der Waals surface area contributed by atoms with E-state index in [-0.39, 0.29) is 11.8 Å². The molecule has 0 heterocycles. The van der Waals surface area contributed by atoms with Gasteiger partial charge in [0, 0.05) is 17.5 Å². The molecule has 2 rings (SSSR count). The highest BCUT2D eigenvalue weighted by molar-refractivity contribution is 5.99. The number of ether oxygens (including phenoxy) is 2. The first-order valence-corrected chi connectivity index (χ1v) is 9.99. The molecule has 0 amide bonds. The molecule has 1 aliphatic rings. The first-order valence-electron chi connectivity index (χ1n) is 9.99. The third-order valence-electron chi connectivity index (χ3n) is 5.15. The molecule has 148 valence electrons. The molecule has 0 aromatic heterocycles. The van der Waals surface area contributed by atoms with E-state index in [1.807, 2.05) is 39.0 Å². The monoisotopic (exact) mass is 372 g/mol. The normalized spacial score (nSPS) is 13.8. The molecular formula is C23H32O4. The number of ketones is 1. The van der Waals surface area contributed by atoms with Crippen LogP contribution in [0.1, 0.15) is 74.4 Å². The van der Waals surface area contributed by atoms with Crippen molar-refractivity contribution in [2.45, 2.75) is 65.7 Å². The van der Waals surface area contributed by atoms with Crippen LogP contribution in [0, 0.1) is 5.41 Å². The number of esters is 1. The van der Waals surface area contributed by atoms with E-state index < -0.39 is 5.41 Å². The van der Waals surface area contributed by atoms with Crippen molar-refractivity contribution in [3.63, 3.8) is 0 Å². The fourth-order valence-electron chi connectivity index (χ4n) is 3.56. The number of benzene rings is 1.